The Morgan fingerprint density at radius 2 is 2.00 bits per heavy atom. The molecule has 0 saturated carbocycles. The van der Waals surface area contributed by atoms with Crippen molar-refractivity contribution in [3.63, 3.8) is 0 Å². The van der Waals surface area contributed by atoms with Crippen LogP contribution in [0.3, 0.4) is 0 Å². The minimum absolute atomic E-state index is 0.300. The third kappa shape index (κ3) is 2.78. The minimum Gasteiger partial charge on any atom is -0.496 e. The number of carboxylic acids is 1. The minimum atomic E-state index is -1.04. The van der Waals surface area contributed by atoms with Crippen LogP contribution < -0.4 is 0 Å². The Kier molecular flexibility index (Phi) is 3.54. The van der Waals surface area contributed by atoms with Crippen LogP contribution in [-0.4, -0.2) is 18.2 Å². The molecule has 1 aromatic rings. The fourth-order valence-corrected chi connectivity index (χ4v) is 1.11. The smallest absolute Gasteiger partial charge is 0.332 e. The number of hydrogen-bond acceptors (Lipinski definition) is 2. The Morgan fingerprint density at radius 3 is 2.43 bits per heavy atom. The van der Waals surface area contributed by atoms with Crippen molar-refractivity contribution in [1.29, 1.82) is 0 Å². The summed E-state index contributed by atoms with van der Waals surface area (Å²) >= 11 is 5.69. The van der Waals surface area contributed by atoms with Crippen LogP contribution >= 0.6 is 11.6 Å². The van der Waals surface area contributed by atoms with Crippen LogP contribution in [-0.2, 0) is 9.53 Å². The number of hydrogen-bond donors (Lipinski definition) is 1. The van der Waals surface area contributed by atoms with Gasteiger partial charge in [-0.2, -0.15) is 0 Å². The number of rotatable bonds is 3. The Hall–Kier alpha value is -1.48. The summed E-state index contributed by atoms with van der Waals surface area (Å²) < 4.78 is 4.92. The monoisotopic (exact) mass is 212 g/mol. The molecule has 0 amide bonds. The van der Waals surface area contributed by atoms with E-state index in [1.807, 2.05) is 0 Å². The third-order valence-corrected chi connectivity index (χ3v) is 1.86. The summed E-state index contributed by atoms with van der Waals surface area (Å²) in [6.45, 7) is 0. The van der Waals surface area contributed by atoms with Crippen molar-refractivity contribution in [3.05, 3.63) is 40.9 Å². The Bertz CT molecular complexity index is 354. The van der Waals surface area contributed by atoms with Crippen LogP contribution in [0.4, 0.5) is 0 Å². The molecule has 0 saturated heterocycles. The molecule has 14 heavy (non-hydrogen) atoms. The molecule has 4 heteroatoms. The van der Waals surface area contributed by atoms with Gasteiger partial charge in [-0.15, -0.1) is 0 Å². The van der Waals surface area contributed by atoms with Crippen LogP contribution in [0.2, 0.25) is 5.02 Å². The second kappa shape index (κ2) is 4.67. The van der Waals surface area contributed by atoms with Crippen LogP contribution in [0.15, 0.2) is 30.3 Å². The fourth-order valence-electron chi connectivity index (χ4n) is 0.986. The SMILES string of the molecule is CO/C(=C\C(=O)O)c1ccc(Cl)cc1. The fraction of sp³-hybridized carbons (Fsp3) is 0.100. The summed E-state index contributed by atoms with van der Waals surface area (Å²) in [4.78, 5) is 10.4. The normalized spacial score (nSPS) is 11.1. The summed E-state index contributed by atoms with van der Waals surface area (Å²) in [5.74, 6) is -0.744. The molecular weight excluding hydrogens is 204 g/mol. The molecule has 0 fully saturated rings. The summed E-state index contributed by atoms with van der Waals surface area (Å²) in [6, 6.07) is 6.73. The van der Waals surface area contributed by atoms with Crippen molar-refractivity contribution < 1.29 is 14.6 Å². The van der Waals surface area contributed by atoms with Gasteiger partial charge in [0.1, 0.15) is 5.76 Å². The van der Waals surface area contributed by atoms with Crippen molar-refractivity contribution in [1.82, 2.24) is 0 Å². The standard InChI is InChI=1S/C10H9ClO3/c1-14-9(6-10(12)13)7-2-4-8(11)5-3-7/h2-6H,1H3,(H,12,13)/b9-6-. The predicted molar refractivity (Wildman–Crippen MR) is 54.1 cm³/mol. The quantitative estimate of drug-likeness (QED) is 0.618. The van der Waals surface area contributed by atoms with E-state index in [2.05, 4.69) is 0 Å². The van der Waals surface area contributed by atoms with Gasteiger partial charge in [0.2, 0.25) is 0 Å². The molecule has 0 aliphatic rings. The summed E-state index contributed by atoms with van der Waals surface area (Å²) in [5.41, 5.74) is 0.680. The maximum atomic E-state index is 10.4. The van der Waals surface area contributed by atoms with Gasteiger partial charge in [-0.1, -0.05) is 11.6 Å². The van der Waals surface area contributed by atoms with E-state index in [1.165, 1.54) is 7.11 Å². The van der Waals surface area contributed by atoms with Gasteiger partial charge in [0.25, 0.3) is 0 Å². The van der Waals surface area contributed by atoms with Gasteiger partial charge in [-0.25, -0.2) is 4.79 Å². The van der Waals surface area contributed by atoms with Crippen LogP contribution in [0.25, 0.3) is 5.76 Å². The van der Waals surface area contributed by atoms with Gasteiger partial charge < -0.3 is 9.84 Å². The Labute approximate surface area is 86.6 Å². The second-order valence-electron chi connectivity index (χ2n) is 2.56. The zero-order valence-electron chi connectivity index (χ0n) is 7.53. The molecule has 74 valence electrons. The Balaban J connectivity index is 3.01. The number of halogens is 1. The Morgan fingerprint density at radius 1 is 1.43 bits per heavy atom. The molecule has 1 aromatic carbocycles. The number of carbonyl (C=O) groups is 1. The molecule has 0 radical (unpaired) electrons. The highest BCUT2D eigenvalue weighted by atomic mass is 35.5. The highest BCUT2D eigenvalue weighted by Gasteiger charge is 2.03. The second-order valence-corrected chi connectivity index (χ2v) is 2.99. The largest absolute Gasteiger partial charge is 0.496 e. The van der Waals surface area contributed by atoms with Gasteiger partial charge >= 0.3 is 5.97 Å². The van der Waals surface area contributed by atoms with Crippen LogP contribution in [0.1, 0.15) is 5.56 Å². The molecule has 0 spiro atoms. The molecule has 1 N–H and O–H groups in total. The lowest BCUT2D eigenvalue weighted by molar-refractivity contribution is -0.131. The topological polar surface area (TPSA) is 46.5 Å². The van der Waals surface area contributed by atoms with E-state index < -0.39 is 5.97 Å². The lowest BCUT2D eigenvalue weighted by atomic mass is 10.2. The first kappa shape index (κ1) is 10.6. The van der Waals surface area contributed by atoms with E-state index >= 15 is 0 Å². The van der Waals surface area contributed by atoms with E-state index in [1.54, 1.807) is 24.3 Å². The first-order chi connectivity index (χ1) is 6.63. The molecule has 1 rings (SSSR count). The van der Waals surface area contributed by atoms with E-state index in [0.29, 0.717) is 16.3 Å². The van der Waals surface area contributed by atoms with Gasteiger partial charge in [-0.3, -0.25) is 0 Å². The lowest BCUT2D eigenvalue weighted by Crippen LogP contribution is -1.94. The van der Waals surface area contributed by atoms with Crippen molar-refractivity contribution >= 4 is 23.3 Å². The average Bonchev–Trinajstić information content (AvgIpc) is 2.15. The van der Waals surface area contributed by atoms with E-state index in [-0.39, 0.29) is 0 Å². The summed E-state index contributed by atoms with van der Waals surface area (Å²) in [6.07, 6.45) is 1.00. The molecule has 0 bridgehead atoms. The first-order valence-electron chi connectivity index (χ1n) is 3.88. The zero-order valence-corrected chi connectivity index (χ0v) is 8.28. The molecule has 0 heterocycles. The van der Waals surface area contributed by atoms with Crippen molar-refractivity contribution in [2.24, 2.45) is 0 Å². The van der Waals surface area contributed by atoms with Crippen LogP contribution in [0, 0.1) is 0 Å². The van der Waals surface area contributed by atoms with E-state index in [0.717, 1.165) is 6.08 Å². The van der Waals surface area contributed by atoms with Gasteiger partial charge in [0.05, 0.1) is 13.2 Å². The maximum Gasteiger partial charge on any atom is 0.332 e. The van der Waals surface area contributed by atoms with Crippen molar-refractivity contribution in [2.45, 2.75) is 0 Å². The van der Waals surface area contributed by atoms with E-state index in [9.17, 15) is 4.79 Å². The van der Waals surface area contributed by atoms with Crippen LogP contribution in [0.5, 0.6) is 0 Å². The number of aliphatic carboxylic acids is 1. The number of benzene rings is 1. The van der Waals surface area contributed by atoms with Gasteiger partial charge in [0.15, 0.2) is 0 Å². The molecule has 3 nitrogen and oxygen atoms in total. The van der Waals surface area contributed by atoms with Crippen molar-refractivity contribution in [3.8, 4) is 0 Å². The van der Waals surface area contributed by atoms with E-state index in [4.69, 9.17) is 21.4 Å². The van der Waals surface area contributed by atoms with Crippen molar-refractivity contribution in [2.75, 3.05) is 7.11 Å². The number of carboxylic acid groups (broad SMARTS) is 1. The van der Waals surface area contributed by atoms with Gasteiger partial charge in [0, 0.05) is 10.6 Å². The first-order valence-corrected chi connectivity index (χ1v) is 4.26. The molecule has 0 aliphatic carbocycles. The lowest BCUT2D eigenvalue weighted by Gasteiger charge is -2.04. The molecule has 0 aromatic heterocycles. The molecule has 0 unspecified atom stereocenters. The maximum absolute atomic E-state index is 10.4. The number of methoxy groups -OCH3 is 1. The summed E-state index contributed by atoms with van der Waals surface area (Å²) in [7, 11) is 1.42. The van der Waals surface area contributed by atoms with Gasteiger partial charge in [-0.05, 0) is 24.3 Å². The average molecular weight is 213 g/mol. The molecule has 0 aliphatic heterocycles. The zero-order chi connectivity index (χ0) is 10.6. The predicted octanol–water partition coefficient (Wildman–Crippen LogP) is 2.41. The highest BCUT2D eigenvalue weighted by Crippen LogP contribution is 2.17. The molecular formula is C10H9ClO3. The highest BCUT2D eigenvalue weighted by molar-refractivity contribution is 6.30. The molecule has 0 atom stereocenters. The number of ether oxygens (including phenoxy) is 1. The summed E-state index contributed by atoms with van der Waals surface area (Å²) in [5, 5.41) is 9.15. The third-order valence-electron chi connectivity index (χ3n) is 1.60.